The van der Waals surface area contributed by atoms with Crippen molar-refractivity contribution >= 4 is 33.6 Å². The molecule has 0 unspecified atom stereocenters. The predicted octanol–water partition coefficient (Wildman–Crippen LogP) is 3.03. The second-order valence-electron chi connectivity index (χ2n) is 6.04. The Kier molecular flexibility index (Phi) is 5.94. The lowest BCUT2D eigenvalue weighted by atomic mass is 10.2. The molecule has 3 rings (SSSR count). The molecule has 1 amide bonds. The molecular formula is C19H18ClFN2O3S. The van der Waals surface area contributed by atoms with Crippen LogP contribution in [0.3, 0.4) is 0 Å². The van der Waals surface area contributed by atoms with Crippen molar-refractivity contribution in [3.63, 3.8) is 0 Å². The maximum atomic E-state index is 13.8. The topological polar surface area (TPSA) is 57.7 Å². The molecule has 2 aromatic carbocycles. The number of nitrogens with zero attached hydrogens (tertiary/aromatic N) is 2. The largest absolute Gasteiger partial charge is 0.337 e. The first kappa shape index (κ1) is 19.5. The van der Waals surface area contributed by atoms with E-state index >= 15 is 0 Å². The number of amides is 1. The minimum Gasteiger partial charge on any atom is -0.337 e. The predicted molar refractivity (Wildman–Crippen MR) is 102 cm³/mol. The van der Waals surface area contributed by atoms with E-state index in [1.54, 1.807) is 41.3 Å². The van der Waals surface area contributed by atoms with Gasteiger partial charge in [0.05, 0.1) is 4.90 Å². The minimum atomic E-state index is -3.56. The van der Waals surface area contributed by atoms with Gasteiger partial charge in [0.2, 0.25) is 15.9 Å². The summed E-state index contributed by atoms with van der Waals surface area (Å²) in [5, 5.41) is 0.284. The van der Waals surface area contributed by atoms with Gasteiger partial charge in [-0.15, -0.1) is 0 Å². The second-order valence-corrected chi connectivity index (χ2v) is 8.42. The van der Waals surface area contributed by atoms with Gasteiger partial charge in [-0.2, -0.15) is 4.31 Å². The molecular weight excluding hydrogens is 391 g/mol. The highest BCUT2D eigenvalue weighted by Gasteiger charge is 2.29. The smallest absolute Gasteiger partial charge is 0.246 e. The molecule has 8 heteroatoms. The van der Waals surface area contributed by atoms with E-state index in [9.17, 15) is 17.6 Å². The van der Waals surface area contributed by atoms with Crippen LogP contribution in [0.2, 0.25) is 5.02 Å². The molecule has 0 spiro atoms. The Hall–Kier alpha value is -2.22. The van der Waals surface area contributed by atoms with E-state index in [4.69, 9.17) is 11.6 Å². The van der Waals surface area contributed by atoms with E-state index in [0.29, 0.717) is 0 Å². The molecule has 1 heterocycles. The molecule has 0 atom stereocenters. The van der Waals surface area contributed by atoms with Crippen molar-refractivity contribution in [2.24, 2.45) is 0 Å². The Morgan fingerprint density at radius 1 is 1.04 bits per heavy atom. The van der Waals surface area contributed by atoms with E-state index in [-0.39, 0.29) is 47.6 Å². The van der Waals surface area contributed by atoms with Gasteiger partial charge in [-0.1, -0.05) is 35.9 Å². The van der Waals surface area contributed by atoms with Crippen molar-refractivity contribution in [3.05, 3.63) is 71.0 Å². The quantitative estimate of drug-likeness (QED) is 0.731. The maximum absolute atomic E-state index is 13.8. The Bertz CT molecular complexity index is 956. The molecule has 1 aliphatic rings. The van der Waals surface area contributed by atoms with E-state index in [1.807, 2.05) is 0 Å². The lowest BCUT2D eigenvalue weighted by molar-refractivity contribution is -0.127. The van der Waals surface area contributed by atoms with Crippen LogP contribution in [0.15, 0.2) is 59.5 Å². The number of hydrogen-bond acceptors (Lipinski definition) is 3. The van der Waals surface area contributed by atoms with Crippen LogP contribution in [0.4, 0.5) is 4.39 Å². The van der Waals surface area contributed by atoms with E-state index in [1.165, 1.54) is 28.6 Å². The average molecular weight is 409 g/mol. The van der Waals surface area contributed by atoms with Crippen molar-refractivity contribution < 1.29 is 17.6 Å². The molecule has 27 heavy (non-hydrogen) atoms. The van der Waals surface area contributed by atoms with Crippen molar-refractivity contribution in [1.82, 2.24) is 9.21 Å². The van der Waals surface area contributed by atoms with E-state index in [2.05, 4.69) is 0 Å². The summed E-state index contributed by atoms with van der Waals surface area (Å²) in [7, 11) is -3.56. The summed E-state index contributed by atoms with van der Waals surface area (Å²) in [6, 6.07) is 12.4. The molecule has 0 saturated carbocycles. The molecule has 0 aliphatic carbocycles. The molecule has 0 bridgehead atoms. The number of rotatable bonds is 4. The summed E-state index contributed by atoms with van der Waals surface area (Å²) < 4.78 is 40.3. The fourth-order valence-electron chi connectivity index (χ4n) is 2.79. The van der Waals surface area contributed by atoms with Crippen molar-refractivity contribution in [1.29, 1.82) is 0 Å². The Morgan fingerprint density at radius 2 is 1.70 bits per heavy atom. The maximum Gasteiger partial charge on any atom is 0.246 e. The van der Waals surface area contributed by atoms with E-state index < -0.39 is 15.8 Å². The first-order valence-electron chi connectivity index (χ1n) is 8.35. The Labute approximate surface area is 162 Å². The van der Waals surface area contributed by atoms with Crippen LogP contribution in [0.25, 0.3) is 6.08 Å². The van der Waals surface area contributed by atoms with Gasteiger partial charge in [0.15, 0.2) is 0 Å². The zero-order valence-electron chi connectivity index (χ0n) is 14.4. The lowest BCUT2D eigenvalue weighted by Crippen LogP contribution is -2.50. The van der Waals surface area contributed by atoms with Crippen LogP contribution in [-0.2, 0) is 14.8 Å². The monoisotopic (exact) mass is 408 g/mol. The zero-order valence-corrected chi connectivity index (χ0v) is 16.0. The fraction of sp³-hybridized carbons (Fsp3) is 0.211. The summed E-state index contributed by atoms with van der Waals surface area (Å²) in [4.78, 5) is 14.1. The van der Waals surface area contributed by atoms with Gasteiger partial charge in [0.1, 0.15) is 5.82 Å². The number of carbonyl (C=O) groups is 1. The van der Waals surface area contributed by atoms with Crippen LogP contribution in [0.5, 0.6) is 0 Å². The van der Waals surface area contributed by atoms with Crippen LogP contribution in [0, 0.1) is 5.82 Å². The summed E-state index contributed by atoms with van der Waals surface area (Å²) in [6.45, 7) is 0.981. The molecule has 1 aliphatic heterocycles. The number of benzene rings is 2. The van der Waals surface area contributed by atoms with Crippen molar-refractivity contribution in [2.75, 3.05) is 26.2 Å². The van der Waals surface area contributed by atoms with Crippen molar-refractivity contribution in [3.8, 4) is 0 Å². The minimum absolute atomic E-state index is 0.214. The number of sulfonamides is 1. The van der Waals surface area contributed by atoms with Gasteiger partial charge in [0, 0.05) is 42.8 Å². The normalized spacial score (nSPS) is 16.0. The van der Waals surface area contributed by atoms with Crippen LogP contribution >= 0.6 is 11.6 Å². The molecule has 0 N–H and O–H groups in total. The highest BCUT2D eigenvalue weighted by Crippen LogP contribution is 2.18. The van der Waals surface area contributed by atoms with Crippen molar-refractivity contribution in [2.45, 2.75) is 4.90 Å². The summed E-state index contributed by atoms with van der Waals surface area (Å²) >= 11 is 5.70. The third-order valence-corrected chi connectivity index (χ3v) is 6.45. The molecule has 1 fully saturated rings. The molecule has 142 valence electrons. The standard InChI is InChI=1S/C19H18ClFN2O3S/c20-16-8-6-15(18(21)14-16)7-9-19(24)22-10-12-23(13-11-22)27(25,26)17-4-2-1-3-5-17/h1-9,14H,10-13H2. The number of hydrogen-bond donors (Lipinski definition) is 0. The second kappa shape index (κ2) is 8.21. The SMILES string of the molecule is O=C(C=Cc1ccc(Cl)cc1F)N1CCN(S(=O)(=O)c2ccccc2)CC1. The summed E-state index contributed by atoms with van der Waals surface area (Å²) in [5.74, 6) is -0.800. The van der Waals surface area contributed by atoms with Gasteiger partial charge in [0.25, 0.3) is 0 Å². The fourth-order valence-corrected chi connectivity index (χ4v) is 4.40. The first-order chi connectivity index (χ1) is 12.9. The number of halogens is 2. The van der Waals surface area contributed by atoms with Crippen LogP contribution < -0.4 is 0 Å². The highest BCUT2D eigenvalue weighted by molar-refractivity contribution is 7.89. The molecule has 0 aromatic heterocycles. The zero-order chi connectivity index (χ0) is 19.4. The Morgan fingerprint density at radius 3 is 2.33 bits per heavy atom. The first-order valence-corrected chi connectivity index (χ1v) is 10.2. The average Bonchev–Trinajstić information content (AvgIpc) is 2.68. The van der Waals surface area contributed by atoms with Gasteiger partial charge in [-0.05, 0) is 30.3 Å². The number of piperazine rings is 1. The number of carbonyl (C=O) groups excluding carboxylic acids is 1. The van der Waals surface area contributed by atoms with Gasteiger partial charge in [-0.25, -0.2) is 12.8 Å². The van der Waals surface area contributed by atoms with E-state index in [0.717, 1.165) is 0 Å². The van der Waals surface area contributed by atoms with Gasteiger partial charge in [-0.3, -0.25) is 4.79 Å². The summed E-state index contributed by atoms with van der Waals surface area (Å²) in [6.07, 6.45) is 2.68. The van der Waals surface area contributed by atoms with Crippen LogP contribution in [0.1, 0.15) is 5.56 Å². The third-order valence-electron chi connectivity index (χ3n) is 4.30. The molecule has 1 saturated heterocycles. The highest BCUT2D eigenvalue weighted by atomic mass is 35.5. The summed E-state index contributed by atoms with van der Waals surface area (Å²) in [5.41, 5.74) is 0.262. The lowest BCUT2D eigenvalue weighted by Gasteiger charge is -2.33. The van der Waals surface area contributed by atoms with Crippen LogP contribution in [-0.4, -0.2) is 49.7 Å². The molecule has 5 nitrogen and oxygen atoms in total. The van der Waals surface area contributed by atoms with Gasteiger partial charge >= 0.3 is 0 Å². The third kappa shape index (κ3) is 4.55. The van der Waals surface area contributed by atoms with Gasteiger partial charge < -0.3 is 4.90 Å². The molecule has 0 radical (unpaired) electrons. The Balaban J connectivity index is 1.62. The molecule has 2 aromatic rings.